The van der Waals surface area contributed by atoms with Crippen molar-refractivity contribution in [3.63, 3.8) is 0 Å². The van der Waals surface area contributed by atoms with Gasteiger partial charge in [-0.2, -0.15) is 0 Å². The lowest BCUT2D eigenvalue weighted by Crippen LogP contribution is -2.52. The van der Waals surface area contributed by atoms with Crippen molar-refractivity contribution in [1.82, 2.24) is 19.8 Å². The number of para-hydroxylation sites is 3. The van der Waals surface area contributed by atoms with Crippen LogP contribution in [0, 0.1) is 0 Å². The number of hydrogen-bond acceptors (Lipinski definition) is 6. The first-order valence-corrected chi connectivity index (χ1v) is 11.6. The minimum atomic E-state index is -0.307. The van der Waals surface area contributed by atoms with Gasteiger partial charge in [0.2, 0.25) is 0 Å². The molecule has 178 valence electrons. The van der Waals surface area contributed by atoms with Gasteiger partial charge in [0.25, 0.3) is 11.8 Å². The Morgan fingerprint density at radius 3 is 2.68 bits per heavy atom. The highest BCUT2D eigenvalue weighted by Crippen LogP contribution is 2.22. The van der Waals surface area contributed by atoms with Crippen LogP contribution in [0.25, 0.3) is 11.0 Å². The number of carbonyl (C=O) groups is 2. The van der Waals surface area contributed by atoms with Crippen LogP contribution in [0.2, 0.25) is 0 Å². The fraction of sp³-hybridized carbons (Fsp3) is 0.385. The van der Waals surface area contributed by atoms with Crippen LogP contribution in [0.5, 0.6) is 5.75 Å². The van der Waals surface area contributed by atoms with Crippen molar-refractivity contribution in [2.45, 2.75) is 32.4 Å². The number of ether oxygens (including phenoxy) is 2. The largest absolute Gasteiger partial charge is 0.496 e. The maximum atomic E-state index is 13.5. The zero-order valence-electron chi connectivity index (χ0n) is 19.8. The Morgan fingerprint density at radius 1 is 1.18 bits per heavy atom. The summed E-state index contributed by atoms with van der Waals surface area (Å²) in [6, 6.07) is 14.7. The smallest absolute Gasteiger partial charge is 0.274 e. The van der Waals surface area contributed by atoms with Crippen LogP contribution in [0.15, 0.2) is 54.7 Å². The first-order chi connectivity index (χ1) is 16.5. The van der Waals surface area contributed by atoms with Gasteiger partial charge in [0.1, 0.15) is 11.4 Å². The monoisotopic (exact) mass is 462 g/mol. The number of morpholine rings is 1. The minimum absolute atomic E-state index is 0.00144. The van der Waals surface area contributed by atoms with E-state index in [0.29, 0.717) is 48.8 Å². The van der Waals surface area contributed by atoms with E-state index < -0.39 is 0 Å². The molecule has 0 radical (unpaired) electrons. The number of amides is 2. The average molecular weight is 463 g/mol. The molecule has 0 aliphatic carbocycles. The van der Waals surface area contributed by atoms with Gasteiger partial charge in [-0.25, -0.2) is 4.98 Å². The molecule has 1 aliphatic rings. The zero-order valence-corrected chi connectivity index (χ0v) is 19.8. The Labute approximate surface area is 199 Å². The van der Waals surface area contributed by atoms with Crippen LogP contribution < -0.4 is 4.74 Å². The Morgan fingerprint density at radius 2 is 1.91 bits per heavy atom. The van der Waals surface area contributed by atoms with Crippen LogP contribution in [-0.2, 0) is 4.74 Å². The molecule has 2 aromatic carbocycles. The van der Waals surface area contributed by atoms with Gasteiger partial charge < -0.3 is 19.3 Å². The third-order valence-electron chi connectivity index (χ3n) is 6.22. The topological polar surface area (TPSA) is 84.9 Å². The molecule has 2 unspecified atom stereocenters. The van der Waals surface area contributed by atoms with E-state index in [-0.39, 0.29) is 24.0 Å². The van der Waals surface area contributed by atoms with Crippen LogP contribution >= 0.6 is 0 Å². The molecule has 2 atom stereocenters. The number of methoxy groups -OCH3 is 1. The molecule has 0 N–H and O–H groups in total. The normalized spacial score (nSPS) is 16.8. The zero-order chi connectivity index (χ0) is 24.1. The fourth-order valence-corrected chi connectivity index (χ4v) is 4.12. The fourth-order valence-electron chi connectivity index (χ4n) is 4.12. The Hall–Kier alpha value is -3.52. The van der Waals surface area contributed by atoms with E-state index in [1.165, 1.54) is 6.20 Å². The van der Waals surface area contributed by atoms with E-state index in [9.17, 15) is 9.59 Å². The van der Waals surface area contributed by atoms with Crippen molar-refractivity contribution >= 4 is 22.8 Å². The summed E-state index contributed by atoms with van der Waals surface area (Å²) in [5.41, 5.74) is 2.25. The van der Waals surface area contributed by atoms with Gasteiger partial charge in [-0.3, -0.25) is 14.6 Å². The van der Waals surface area contributed by atoms with Gasteiger partial charge in [0, 0.05) is 25.7 Å². The van der Waals surface area contributed by atoms with Crippen LogP contribution in [0.4, 0.5) is 0 Å². The third-order valence-corrected chi connectivity index (χ3v) is 6.22. The molecule has 4 rings (SSSR count). The highest BCUT2D eigenvalue weighted by Gasteiger charge is 2.31. The van der Waals surface area contributed by atoms with E-state index >= 15 is 0 Å². The molecule has 1 aliphatic heterocycles. The van der Waals surface area contributed by atoms with Crippen LogP contribution in [0.1, 0.15) is 41.1 Å². The molecule has 1 saturated heterocycles. The molecule has 0 bridgehead atoms. The lowest BCUT2D eigenvalue weighted by molar-refractivity contribution is -0.0369. The Balaban J connectivity index is 1.50. The second-order valence-corrected chi connectivity index (χ2v) is 8.40. The Kier molecular flexibility index (Phi) is 7.37. The highest BCUT2D eigenvalue weighted by atomic mass is 16.5. The number of rotatable bonds is 7. The van der Waals surface area contributed by atoms with E-state index in [2.05, 4.69) is 9.97 Å². The third kappa shape index (κ3) is 5.02. The molecular formula is C26H30N4O4. The van der Waals surface area contributed by atoms with Crippen molar-refractivity contribution in [2.24, 2.45) is 0 Å². The number of hydrogen-bond donors (Lipinski definition) is 0. The molecule has 8 nitrogen and oxygen atoms in total. The molecule has 3 aromatic rings. The van der Waals surface area contributed by atoms with Crippen LogP contribution in [-0.4, -0.2) is 77.1 Å². The van der Waals surface area contributed by atoms with E-state index in [4.69, 9.17) is 9.47 Å². The summed E-state index contributed by atoms with van der Waals surface area (Å²) < 4.78 is 11.4. The van der Waals surface area contributed by atoms with Gasteiger partial charge in [-0.15, -0.1) is 0 Å². The second kappa shape index (κ2) is 10.6. The van der Waals surface area contributed by atoms with E-state index in [1.807, 2.05) is 55.1 Å². The Bertz CT molecular complexity index is 1170. The molecule has 8 heteroatoms. The predicted molar refractivity (Wildman–Crippen MR) is 129 cm³/mol. The SMILES string of the molecule is CCC(C)N(CC1CN(C(=O)c2cnc3ccccc3n2)CCO1)C(=O)c1ccccc1OC. The standard InChI is InChI=1S/C26H30N4O4/c1-4-18(2)30(25(31)20-9-5-8-12-24(20)33-3)17-19-16-29(13-14-34-19)26(32)23-15-27-21-10-6-7-11-22(21)28-23/h5-12,15,18-19H,4,13-14,16-17H2,1-3H3. The summed E-state index contributed by atoms with van der Waals surface area (Å²) in [7, 11) is 1.56. The number of benzene rings is 2. The number of fused-ring (bicyclic) bond motifs is 1. The summed E-state index contributed by atoms with van der Waals surface area (Å²) in [5.74, 6) is 0.244. The first-order valence-electron chi connectivity index (χ1n) is 11.6. The van der Waals surface area contributed by atoms with Crippen molar-refractivity contribution in [1.29, 1.82) is 0 Å². The molecular weight excluding hydrogens is 432 g/mol. The highest BCUT2D eigenvalue weighted by molar-refractivity contribution is 5.97. The maximum Gasteiger partial charge on any atom is 0.274 e. The van der Waals surface area contributed by atoms with Crippen molar-refractivity contribution in [3.05, 3.63) is 66.0 Å². The van der Waals surface area contributed by atoms with Gasteiger partial charge in [-0.05, 0) is 37.6 Å². The molecule has 2 amide bonds. The van der Waals surface area contributed by atoms with Gasteiger partial charge >= 0.3 is 0 Å². The van der Waals surface area contributed by atoms with Crippen molar-refractivity contribution < 1.29 is 19.1 Å². The molecule has 1 aromatic heterocycles. The molecule has 0 spiro atoms. The summed E-state index contributed by atoms with van der Waals surface area (Å²) in [5, 5.41) is 0. The summed E-state index contributed by atoms with van der Waals surface area (Å²) >= 11 is 0. The van der Waals surface area contributed by atoms with Gasteiger partial charge in [0.05, 0.1) is 42.6 Å². The van der Waals surface area contributed by atoms with Crippen molar-refractivity contribution in [2.75, 3.05) is 33.4 Å². The molecule has 2 heterocycles. The summed E-state index contributed by atoms with van der Waals surface area (Å²) in [4.78, 5) is 39.0. The lowest BCUT2D eigenvalue weighted by Gasteiger charge is -2.37. The maximum absolute atomic E-state index is 13.5. The first kappa shape index (κ1) is 23.6. The number of carbonyl (C=O) groups excluding carboxylic acids is 2. The van der Waals surface area contributed by atoms with Gasteiger partial charge in [0.15, 0.2) is 0 Å². The summed E-state index contributed by atoms with van der Waals surface area (Å²) in [6.45, 7) is 5.67. The van der Waals surface area contributed by atoms with E-state index in [0.717, 1.165) is 11.9 Å². The molecule has 1 fully saturated rings. The molecule has 0 saturated carbocycles. The summed E-state index contributed by atoms with van der Waals surface area (Å²) in [6.07, 6.45) is 2.01. The average Bonchev–Trinajstić information content (AvgIpc) is 2.90. The minimum Gasteiger partial charge on any atom is -0.496 e. The van der Waals surface area contributed by atoms with Crippen molar-refractivity contribution in [3.8, 4) is 5.75 Å². The number of aromatic nitrogens is 2. The molecule has 34 heavy (non-hydrogen) atoms. The lowest BCUT2D eigenvalue weighted by atomic mass is 10.1. The van der Waals surface area contributed by atoms with Gasteiger partial charge in [-0.1, -0.05) is 31.2 Å². The second-order valence-electron chi connectivity index (χ2n) is 8.40. The van der Waals surface area contributed by atoms with E-state index in [1.54, 1.807) is 24.1 Å². The van der Waals surface area contributed by atoms with Crippen LogP contribution in [0.3, 0.4) is 0 Å². The quantitative estimate of drug-likeness (QED) is 0.535. The number of nitrogens with zero attached hydrogens (tertiary/aromatic N) is 4. The predicted octanol–water partition coefficient (Wildman–Crippen LogP) is 3.42.